The number of benzene rings is 1. The van der Waals surface area contributed by atoms with Crippen molar-refractivity contribution >= 4 is 5.69 Å². The molecule has 0 saturated carbocycles. The third-order valence-corrected chi connectivity index (χ3v) is 3.84. The molecule has 0 spiro atoms. The molecule has 0 bridgehead atoms. The molecule has 3 nitrogen and oxygen atoms in total. The van der Waals surface area contributed by atoms with Crippen LogP contribution < -0.4 is 15.0 Å². The Hall–Kier alpha value is -1.29. The van der Waals surface area contributed by atoms with E-state index in [4.69, 9.17) is 4.74 Å². The highest BCUT2D eigenvalue weighted by Gasteiger charge is 2.25. The minimum atomic E-state index is -0.304. The highest BCUT2D eigenvalue weighted by molar-refractivity contribution is 5.52. The summed E-state index contributed by atoms with van der Waals surface area (Å²) in [6.45, 7) is 6.37. The van der Waals surface area contributed by atoms with Crippen LogP contribution in [-0.2, 0) is 0 Å². The highest BCUT2D eigenvalue weighted by atomic mass is 19.1. The fourth-order valence-electron chi connectivity index (χ4n) is 2.86. The lowest BCUT2D eigenvalue weighted by Gasteiger charge is -2.39. The average Bonchev–Trinajstić information content (AvgIpc) is 2.40. The molecule has 1 aliphatic heterocycles. The van der Waals surface area contributed by atoms with Crippen LogP contribution in [0.2, 0.25) is 0 Å². The Morgan fingerprint density at radius 2 is 2.26 bits per heavy atom. The van der Waals surface area contributed by atoms with Crippen LogP contribution in [-0.4, -0.2) is 32.3 Å². The molecular formula is C15H23FN2O. The topological polar surface area (TPSA) is 24.5 Å². The van der Waals surface area contributed by atoms with E-state index >= 15 is 0 Å². The quantitative estimate of drug-likeness (QED) is 0.907. The largest absolute Gasteiger partial charge is 0.494 e. The van der Waals surface area contributed by atoms with Gasteiger partial charge in [0.25, 0.3) is 0 Å². The Morgan fingerprint density at radius 1 is 1.47 bits per heavy atom. The predicted octanol–water partition coefficient (Wildman–Crippen LogP) is 2.80. The van der Waals surface area contributed by atoms with E-state index in [0.717, 1.165) is 31.6 Å². The Balaban J connectivity index is 2.10. The van der Waals surface area contributed by atoms with E-state index < -0.39 is 0 Å². The van der Waals surface area contributed by atoms with E-state index in [0.29, 0.717) is 17.8 Å². The first-order valence-electron chi connectivity index (χ1n) is 6.99. The van der Waals surface area contributed by atoms with Gasteiger partial charge in [-0.05, 0) is 38.4 Å². The van der Waals surface area contributed by atoms with Gasteiger partial charge in [-0.3, -0.25) is 0 Å². The maximum absolute atomic E-state index is 13.4. The molecule has 2 rings (SSSR count). The standard InChI is InChI=1S/C15H23FN2O/c1-4-17-12-7-8-18(11(2)9-12)13-5-6-14(16)15(10-13)19-3/h5-6,10-12,17H,4,7-9H2,1-3H3. The van der Waals surface area contributed by atoms with Gasteiger partial charge < -0.3 is 15.0 Å². The maximum atomic E-state index is 13.4. The van der Waals surface area contributed by atoms with Crippen molar-refractivity contribution in [3.63, 3.8) is 0 Å². The number of methoxy groups -OCH3 is 1. The van der Waals surface area contributed by atoms with Crippen LogP contribution in [0, 0.1) is 5.82 Å². The Kier molecular flexibility index (Phi) is 4.64. The molecular weight excluding hydrogens is 243 g/mol. The van der Waals surface area contributed by atoms with Gasteiger partial charge in [-0.15, -0.1) is 0 Å². The summed E-state index contributed by atoms with van der Waals surface area (Å²) < 4.78 is 18.5. The van der Waals surface area contributed by atoms with Crippen molar-refractivity contribution in [1.82, 2.24) is 5.32 Å². The number of rotatable bonds is 4. The van der Waals surface area contributed by atoms with Gasteiger partial charge >= 0.3 is 0 Å². The number of piperidine rings is 1. The van der Waals surface area contributed by atoms with E-state index in [-0.39, 0.29) is 5.82 Å². The average molecular weight is 266 g/mol. The van der Waals surface area contributed by atoms with Crippen molar-refractivity contribution in [2.75, 3.05) is 25.1 Å². The Morgan fingerprint density at radius 3 is 2.89 bits per heavy atom. The number of ether oxygens (including phenoxy) is 1. The Labute approximate surface area is 114 Å². The molecule has 1 aromatic carbocycles. The number of hydrogen-bond acceptors (Lipinski definition) is 3. The minimum absolute atomic E-state index is 0.304. The van der Waals surface area contributed by atoms with E-state index in [1.165, 1.54) is 13.2 Å². The second-order valence-corrected chi connectivity index (χ2v) is 5.14. The monoisotopic (exact) mass is 266 g/mol. The van der Waals surface area contributed by atoms with Gasteiger partial charge in [-0.2, -0.15) is 0 Å². The molecule has 1 aromatic rings. The third kappa shape index (κ3) is 3.18. The van der Waals surface area contributed by atoms with Crippen LogP contribution in [0.1, 0.15) is 26.7 Å². The number of nitrogens with one attached hydrogen (secondary N) is 1. The lowest BCUT2D eigenvalue weighted by Crippen LogP contribution is -2.47. The van der Waals surface area contributed by atoms with E-state index in [9.17, 15) is 4.39 Å². The first-order chi connectivity index (χ1) is 9.15. The van der Waals surface area contributed by atoms with Crippen molar-refractivity contribution in [1.29, 1.82) is 0 Å². The first kappa shape index (κ1) is 14.1. The van der Waals surface area contributed by atoms with Gasteiger partial charge in [0.1, 0.15) is 0 Å². The molecule has 19 heavy (non-hydrogen) atoms. The van der Waals surface area contributed by atoms with Crippen LogP contribution >= 0.6 is 0 Å². The molecule has 106 valence electrons. The number of nitrogens with zero attached hydrogens (tertiary/aromatic N) is 1. The molecule has 2 unspecified atom stereocenters. The van der Waals surface area contributed by atoms with E-state index in [1.54, 1.807) is 6.07 Å². The zero-order valence-electron chi connectivity index (χ0n) is 11.9. The van der Waals surface area contributed by atoms with Crippen LogP contribution in [0.3, 0.4) is 0 Å². The van der Waals surface area contributed by atoms with Crippen LogP contribution in [0.25, 0.3) is 0 Å². The summed E-state index contributed by atoms with van der Waals surface area (Å²) in [5.41, 5.74) is 1.04. The fourth-order valence-corrected chi connectivity index (χ4v) is 2.86. The van der Waals surface area contributed by atoms with Crippen molar-refractivity contribution in [3.8, 4) is 5.75 Å². The molecule has 1 saturated heterocycles. The zero-order valence-corrected chi connectivity index (χ0v) is 11.9. The normalized spacial score (nSPS) is 23.5. The minimum Gasteiger partial charge on any atom is -0.494 e. The molecule has 0 amide bonds. The van der Waals surface area contributed by atoms with Gasteiger partial charge in [0, 0.05) is 30.4 Å². The van der Waals surface area contributed by atoms with Gasteiger partial charge in [0.2, 0.25) is 0 Å². The number of hydrogen-bond donors (Lipinski definition) is 1. The number of halogens is 1. The summed E-state index contributed by atoms with van der Waals surface area (Å²) in [6.07, 6.45) is 2.24. The van der Waals surface area contributed by atoms with Crippen LogP contribution in [0.15, 0.2) is 18.2 Å². The number of anilines is 1. The smallest absolute Gasteiger partial charge is 0.165 e. The second kappa shape index (κ2) is 6.24. The second-order valence-electron chi connectivity index (χ2n) is 5.14. The van der Waals surface area contributed by atoms with Gasteiger partial charge in [0.15, 0.2) is 11.6 Å². The molecule has 1 aliphatic rings. The molecule has 0 aliphatic carbocycles. The van der Waals surface area contributed by atoms with E-state index in [1.807, 2.05) is 6.07 Å². The summed E-state index contributed by atoms with van der Waals surface area (Å²) >= 11 is 0. The zero-order chi connectivity index (χ0) is 13.8. The first-order valence-corrected chi connectivity index (χ1v) is 6.99. The fraction of sp³-hybridized carbons (Fsp3) is 0.600. The molecule has 1 fully saturated rings. The lowest BCUT2D eigenvalue weighted by molar-refractivity contribution is 0.371. The van der Waals surface area contributed by atoms with Gasteiger partial charge in [-0.1, -0.05) is 6.92 Å². The molecule has 4 heteroatoms. The van der Waals surface area contributed by atoms with E-state index in [2.05, 4.69) is 24.1 Å². The predicted molar refractivity (Wildman–Crippen MR) is 76.5 cm³/mol. The lowest BCUT2D eigenvalue weighted by atomic mass is 9.97. The van der Waals surface area contributed by atoms with Crippen LogP contribution in [0.5, 0.6) is 5.75 Å². The van der Waals surface area contributed by atoms with Crippen molar-refractivity contribution in [3.05, 3.63) is 24.0 Å². The molecule has 2 atom stereocenters. The van der Waals surface area contributed by atoms with Crippen molar-refractivity contribution in [2.24, 2.45) is 0 Å². The summed E-state index contributed by atoms with van der Waals surface area (Å²) in [6, 6.07) is 6.16. The van der Waals surface area contributed by atoms with Crippen LogP contribution in [0.4, 0.5) is 10.1 Å². The van der Waals surface area contributed by atoms with Crippen molar-refractivity contribution < 1.29 is 9.13 Å². The molecule has 0 radical (unpaired) electrons. The Bertz CT molecular complexity index is 425. The van der Waals surface area contributed by atoms with Gasteiger partial charge in [-0.25, -0.2) is 4.39 Å². The summed E-state index contributed by atoms with van der Waals surface area (Å²) in [4.78, 5) is 2.33. The summed E-state index contributed by atoms with van der Waals surface area (Å²) in [5, 5.41) is 3.51. The summed E-state index contributed by atoms with van der Waals surface area (Å²) in [5.74, 6) is 0.0138. The molecule has 1 N–H and O–H groups in total. The van der Waals surface area contributed by atoms with Gasteiger partial charge in [0.05, 0.1) is 7.11 Å². The molecule has 0 aromatic heterocycles. The SMILES string of the molecule is CCNC1CCN(c2ccc(F)c(OC)c2)C(C)C1. The third-order valence-electron chi connectivity index (χ3n) is 3.84. The maximum Gasteiger partial charge on any atom is 0.165 e. The summed E-state index contributed by atoms with van der Waals surface area (Å²) in [7, 11) is 1.50. The van der Waals surface area contributed by atoms with Crippen molar-refractivity contribution in [2.45, 2.75) is 38.8 Å². The molecule has 1 heterocycles. The highest BCUT2D eigenvalue weighted by Crippen LogP contribution is 2.29.